The van der Waals surface area contributed by atoms with E-state index in [1.165, 1.54) is 0 Å². The molecule has 1 saturated carbocycles. The van der Waals surface area contributed by atoms with E-state index in [1.807, 2.05) is 42.5 Å². The van der Waals surface area contributed by atoms with Crippen molar-refractivity contribution in [2.24, 2.45) is 0 Å². The molecule has 5 amide bonds. The molecule has 3 N–H and O–H groups in total. The van der Waals surface area contributed by atoms with Crippen LogP contribution in [0.5, 0.6) is 0 Å². The SMILES string of the molecule is CC1(c2ccc3ccccc3c2)NC(=O)N(CC(=O)Nc2cccc(C(=O)NC3CC3)c2)C1=O. The fourth-order valence-electron chi connectivity index (χ4n) is 4.12. The number of benzene rings is 3. The van der Waals surface area contributed by atoms with Crippen LogP contribution in [-0.2, 0) is 15.1 Å². The summed E-state index contributed by atoms with van der Waals surface area (Å²) in [6.07, 6.45) is 1.96. The van der Waals surface area contributed by atoms with Crippen LogP contribution in [-0.4, -0.2) is 41.2 Å². The molecular formula is C26H24N4O4. The number of amides is 5. The third-order valence-electron chi connectivity index (χ3n) is 6.22. The van der Waals surface area contributed by atoms with Gasteiger partial charge in [-0.05, 0) is 60.4 Å². The van der Waals surface area contributed by atoms with Gasteiger partial charge in [0.1, 0.15) is 12.1 Å². The fraction of sp³-hybridized carbons (Fsp3) is 0.231. The van der Waals surface area contributed by atoms with Gasteiger partial charge in [0.2, 0.25) is 5.91 Å². The van der Waals surface area contributed by atoms with Gasteiger partial charge in [-0.2, -0.15) is 0 Å². The van der Waals surface area contributed by atoms with E-state index in [1.54, 1.807) is 31.2 Å². The van der Waals surface area contributed by atoms with Gasteiger partial charge in [0, 0.05) is 17.3 Å². The molecule has 3 aromatic carbocycles. The normalized spacial score (nSPS) is 19.7. The van der Waals surface area contributed by atoms with Gasteiger partial charge in [-0.1, -0.05) is 42.5 Å². The highest BCUT2D eigenvalue weighted by Gasteiger charge is 2.49. The Balaban J connectivity index is 1.29. The topological polar surface area (TPSA) is 108 Å². The molecule has 1 saturated heterocycles. The van der Waals surface area contributed by atoms with Crippen LogP contribution in [0.25, 0.3) is 10.8 Å². The van der Waals surface area contributed by atoms with Gasteiger partial charge in [-0.25, -0.2) is 4.79 Å². The maximum absolute atomic E-state index is 13.2. The molecule has 3 aromatic rings. The summed E-state index contributed by atoms with van der Waals surface area (Å²) in [6.45, 7) is 1.20. The maximum atomic E-state index is 13.2. The zero-order chi connectivity index (χ0) is 23.9. The highest BCUT2D eigenvalue weighted by molar-refractivity contribution is 6.10. The molecule has 172 valence electrons. The third-order valence-corrected chi connectivity index (χ3v) is 6.22. The molecule has 1 aliphatic heterocycles. The minimum absolute atomic E-state index is 0.196. The lowest BCUT2D eigenvalue weighted by atomic mass is 9.90. The number of carbonyl (C=O) groups excluding carboxylic acids is 4. The van der Waals surface area contributed by atoms with E-state index in [2.05, 4.69) is 16.0 Å². The molecule has 0 bridgehead atoms. The van der Waals surface area contributed by atoms with Crippen molar-refractivity contribution in [3.05, 3.63) is 77.9 Å². The van der Waals surface area contributed by atoms with Crippen LogP contribution >= 0.6 is 0 Å². The van der Waals surface area contributed by atoms with Crippen molar-refractivity contribution in [3.8, 4) is 0 Å². The summed E-state index contributed by atoms with van der Waals surface area (Å²) in [5, 5.41) is 10.3. The molecular weight excluding hydrogens is 432 g/mol. The van der Waals surface area contributed by atoms with Gasteiger partial charge >= 0.3 is 6.03 Å². The van der Waals surface area contributed by atoms with E-state index < -0.39 is 29.9 Å². The predicted octanol–water partition coefficient (Wildman–Crippen LogP) is 3.14. The van der Waals surface area contributed by atoms with Crippen molar-refractivity contribution in [1.29, 1.82) is 0 Å². The average Bonchev–Trinajstić information content (AvgIpc) is 3.62. The zero-order valence-corrected chi connectivity index (χ0v) is 18.6. The lowest BCUT2D eigenvalue weighted by Gasteiger charge is -2.22. The second-order valence-corrected chi connectivity index (χ2v) is 8.89. The Hall–Kier alpha value is -4.20. The minimum Gasteiger partial charge on any atom is -0.349 e. The molecule has 5 rings (SSSR count). The van der Waals surface area contributed by atoms with Crippen molar-refractivity contribution >= 4 is 40.2 Å². The van der Waals surface area contributed by atoms with Crippen LogP contribution in [0.4, 0.5) is 10.5 Å². The summed E-state index contributed by atoms with van der Waals surface area (Å²) in [7, 11) is 0. The molecule has 1 atom stereocenters. The number of nitrogens with one attached hydrogen (secondary N) is 3. The smallest absolute Gasteiger partial charge is 0.325 e. The molecule has 0 radical (unpaired) electrons. The molecule has 8 heteroatoms. The Bertz CT molecular complexity index is 1330. The lowest BCUT2D eigenvalue weighted by molar-refractivity contribution is -0.133. The maximum Gasteiger partial charge on any atom is 0.325 e. The summed E-state index contributed by atoms with van der Waals surface area (Å²) in [4.78, 5) is 51.7. The summed E-state index contributed by atoms with van der Waals surface area (Å²) < 4.78 is 0. The Labute approximate surface area is 196 Å². The Morgan fingerprint density at radius 1 is 1.00 bits per heavy atom. The van der Waals surface area contributed by atoms with Crippen molar-refractivity contribution in [3.63, 3.8) is 0 Å². The number of carbonyl (C=O) groups is 4. The molecule has 2 aliphatic rings. The molecule has 0 aromatic heterocycles. The second-order valence-electron chi connectivity index (χ2n) is 8.89. The van der Waals surface area contributed by atoms with Crippen LogP contribution in [0.1, 0.15) is 35.7 Å². The number of hydrogen-bond acceptors (Lipinski definition) is 4. The molecule has 1 unspecified atom stereocenters. The standard InChI is InChI=1S/C26H24N4O4/c1-26(19-10-9-16-5-2-3-6-17(16)13-19)24(33)30(25(34)29-26)15-22(31)27-21-8-4-7-18(14-21)23(32)28-20-11-12-20/h2-10,13-14,20H,11-12,15H2,1H3,(H,27,31)(H,28,32)(H,29,34). The quantitative estimate of drug-likeness (QED) is 0.495. The average molecular weight is 457 g/mol. The summed E-state index contributed by atoms with van der Waals surface area (Å²) in [6, 6.07) is 19.5. The van der Waals surface area contributed by atoms with Gasteiger partial charge < -0.3 is 16.0 Å². The van der Waals surface area contributed by atoms with Gasteiger partial charge in [0.05, 0.1) is 0 Å². The largest absolute Gasteiger partial charge is 0.349 e. The van der Waals surface area contributed by atoms with Crippen LogP contribution < -0.4 is 16.0 Å². The molecule has 34 heavy (non-hydrogen) atoms. The highest BCUT2D eigenvalue weighted by Crippen LogP contribution is 2.31. The third kappa shape index (κ3) is 4.10. The zero-order valence-electron chi connectivity index (χ0n) is 18.6. The van der Waals surface area contributed by atoms with Crippen LogP contribution in [0.3, 0.4) is 0 Å². The Morgan fingerprint density at radius 2 is 1.76 bits per heavy atom. The first-order chi connectivity index (χ1) is 16.3. The first-order valence-corrected chi connectivity index (χ1v) is 11.2. The number of hydrogen-bond donors (Lipinski definition) is 3. The first kappa shape index (κ1) is 21.6. The summed E-state index contributed by atoms with van der Waals surface area (Å²) in [5.41, 5.74) is 0.213. The second kappa shape index (κ2) is 8.30. The number of imide groups is 1. The van der Waals surface area contributed by atoms with E-state index in [9.17, 15) is 19.2 Å². The molecule has 1 aliphatic carbocycles. The number of rotatable bonds is 6. The lowest BCUT2D eigenvalue weighted by Crippen LogP contribution is -2.42. The molecule has 1 heterocycles. The number of nitrogens with zero attached hydrogens (tertiary/aromatic N) is 1. The van der Waals surface area contributed by atoms with E-state index >= 15 is 0 Å². The Morgan fingerprint density at radius 3 is 2.53 bits per heavy atom. The Kier molecular flexibility index (Phi) is 5.28. The van der Waals surface area contributed by atoms with Crippen LogP contribution in [0.2, 0.25) is 0 Å². The van der Waals surface area contributed by atoms with Gasteiger partial charge in [-0.3, -0.25) is 19.3 Å². The van der Waals surface area contributed by atoms with E-state index in [0.717, 1.165) is 28.5 Å². The van der Waals surface area contributed by atoms with Gasteiger partial charge in [0.15, 0.2) is 0 Å². The van der Waals surface area contributed by atoms with E-state index in [4.69, 9.17) is 0 Å². The van der Waals surface area contributed by atoms with E-state index in [-0.39, 0.29) is 11.9 Å². The predicted molar refractivity (Wildman–Crippen MR) is 127 cm³/mol. The summed E-state index contributed by atoms with van der Waals surface area (Å²) >= 11 is 0. The van der Waals surface area contributed by atoms with Crippen molar-refractivity contribution < 1.29 is 19.2 Å². The van der Waals surface area contributed by atoms with Gasteiger partial charge in [0.25, 0.3) is 11.8 Å². The minimum atomic E-state index is -1.28. The van der Waals surface area contributed by atoms with Crippen LogP contribution in [0.15, 0.2) is 66.7 Å². The van der Waals surface area contributed by atoms with Crippen molar-refractivity contribution in [2.75, 3.05) is 11.9 Å². The number of fused-ring (bicyclic) bond motifs is 1. The van der Waals surface area contributed by atoms with Crippen molar-refractivity contribution in [1.82, 2.24) is 15.5 Å². The molecule has 2 fully saturated rings. The number of urea groups is 1. The van der Waals surface area contributed by atoms with Crippen molar-refractivity contribution in [2.45, 2.75) is 31.3 Å². The van der Waals surface area contributed by atoms with Crippen LogP contribution in [0, 0.1) is 0 Å². The van der Waals surface area contributed by atoms with E-state index in [0.29, 0.717) is 16.8 Å². The number of anilines is 1. The monoisotopic (exact) mass is 456 g/mol. The molecule has 8 nitrogen and oxygen atoms in total. The molecule has 0 spiro atoms. The van der Waals surface area contributed by atoms with Gasteiger partial charge in [-0.15, -0.1) is 0 Å². The summed E-state index contributed by atoms with van der Waals surface area (Å²) in [5.74, 6) is -1.23. The fourth-order valence-corrected chi connectivity index (χ4v) is 4.12. The highest BCUT2D eigenvalue weighted by atomic mass is 16.2. The first-order valence-electron chi connectivity index (χ1n) is 11.2.